The molecule has 0 aliphatic heterocycles. The summed E-state index contributed by atoms with van der Waals surface area (Å²) in [6.45, 7) is 3.59. The van der Waals surface area contributed by atoms with Crippen LogP contribution in [0.15, 0.2) is 78.9 Å². The molecule has 0 spiro atoms. The molecule has 6 heteroatoms. The Hall–Kier alpha value is -3.12. The van der Waals surface area contributed by atoms with Crippen LogP contribution in [0, 0.1) is 6.92 Å². The number of carbonyl (C=O) groups is 1. The molecular formula is C23H24N2O3S. The second kappa shape index (κ2) is 8.92. The molecule has 0 saturated heterocycles. The molecule has 1 unspecified atom stereocenters. The Bertz CT molecular complexity index is 1060. The van der Waals surface area contributed by atoms with Crippen molar-refractivity contribution in [1.29, 1.82) is 0 Å². The van der Waals surface area contributed by atoms with Crippen molar-refractivity contribution in [1.82, 2.24) is 5.32 Å². The maximum atomic E-state index is 12.9. The van der Waals surface area contributed by atoms with Crippen LogP contribution in [-0.2, 0) is 10.0 Å². The number of sulfonamides is 1. The Morgan fingerprint density at radius 2 is 1.45 bits per heavy atom. The van der Waals surface area contributed by atoms with Crippen LogP contribution < -0.4 is 10.0 Å². The van der Waals surface area contributed by atoms with Gasteiger partial charge in [-0.25, -0.2) is 8.42 Å². The lowest BCUT2D eigenvalue weighted by atomic mass is 9.97. The van der Waals surface area contributed by atoms with Gasteiger partial charge in [0.05, 0.1) is 11.8 Å². The van der Waals surface area contributed by atoms with Crippen LogP contribution in [0.4, 0.5) is 5.69 Å². The van der Waals surface area contributed by atoms with Gasteiger partial charge >= 0.3 is 0 Å². The standard InChI is InChI=1S/C23H24N2O3S/c1-3-29(27,28)25-21-15-13-20(14-16-21)23(26)24-22(18-7-5-4-6-8-18)19-11-9-17(2)10-12-19/h4-16,22,25H,3H2,1-2H3,(H,24,26). The van der Waals surface area contributed by atoms with Gasteiger partial charge < -0.3 is 5.32 Å². The van der Waals surface area contributed by atoms with Crippen molar-refractivity contribution >= 4 is 21.6 Å². The van der Waals surface area contributed by atoms with E-state index < -0.39 is 10.0 Å². The first-order valence-corrected chi connectivity index (χ1v) is 11.1. The molecule has 150 valence electrons. The van der Waals surface area contributed by atoms with Gasteiger partial charge in [0.2, 0.25) is 10.0 Å². The molecule has 2 N–H and O–H groups in total. The van der Waals surface area contributed by atoms with E-state index in [1.807, 2.05) is 61.5 Å². The molecule has 0 bridgehead atoms. The topological polar surface area (TPSA) is 75.3 Å². The van der Waals surface area contributed by atoms with Gasteiger partial charge in [0.15, 0.2) is 0 Å². The first-order valence-electron chi connectivity index (χ1n) is 9.41. The van der Waals surface area contributed by atoms with Crippen molar-refractivity contribution in [2.75, 3.05) is 10.5 Å². The highest BCUT2D eigenvalue weighted by atomic mass is 32.2. The molecule has 1 atom stereocenters. The fraction of sp³-hybridized carbons (Fsp3) is 0.174. The highest BCUT2D eigenvalue weighted by Crippen LogP contribution is 2.23. The Morgan fingerprint density at radius 3 is 2.03 bits per heavy atom. The van der Waals surface area contributed by atoms with Crippen LogP contribution in [0.2, 0.25) is 0 Å². The lowest BCUT2D eigenvalue weighted by molar-refractivity contribution is 0.0943. The number of amides is 1. The van der Waals surface area contributed by atoms with Gasteiger partial charge in [0.1, 0.15) is 0 Å². The number of nitrogens with one attached hydrogen (secondary N) is 2. The predicted molar refractivity (Wildman–Crippen MR) is 116 cm³/mol. The number of anilines is 1. The Morgan fingerprint density at radius 1 is 0.862 bits per heavy atom. The zero-order chi connectivity index (χ0) is 20.9. The van der Waals surface area contributed by atoms with Crippen LogP contribution in [0.1, 0.15) is 40.0 Å². The molecule has 0 fully saturated rings. The lowest BCUT2D eigenvalue weighted by Gasteiger charge is -2.20. The van der Waals surface area contributed by atoms with E-state index in [1.165, 1.54) is 0 Å². The van der Waals surface area contributed by atoms with E-state index in [0.717, 1.165) is 16.7 Å². The van der Waals surface area contributed by atoms with Crippen molar-refractivity contribution in [2.45, 2.75) is 19.9 Å². The van der Waals surface area contributed by atoms with E-state index in [1.54, 1.807) is 31.2 Å². The summed E-state index contributed by atoms with van der Waals surface area (Å²) in [7, 11) is -3.35. The summed E-state index contributed by atoms with van der Waals surface area (Å²) < 4.78 is 25.8. The predicted octanol–water partition coefficient (Wildman–Crippen LogP) is 4.28. The third-order valence-corrected chi connectivity index (χ3v) is 5.93. The van der Waals surface area contributed by atoms with Crippen LogP contribution in [0.25, 0.3) is 0 Å². The second-order valence-electron chi connectivity index (χ2n) is 6.81. The van der Waals surface area contributed by atoms with E-state index in [9.17, 15) is 13.2 Å². The van der Waals surface area contributed by atoms with Gasteiger partial charge in [-0.2, -0.15) is 0 Å². The highest BCUT2D eigenvalue weighted by molar-refractivity contribution is 7.92. The number of rotatable bonds is 7. The molecule has 3 aromatic rings. The van der Waals surface area contributed by atoms with Gasteiger partial charge in [-0.1, -0.05) is 60.2 Å². The third kappa shape index (κ3) is 5.45. The largest absolute Gasteiger partial charge is 0.341 e. The van der Waals surface area contributed by atoms with Crippen molar-refractivity contribution in [3.63, 3.8) is 0 Å². The minimum atomic E-state index is -3.35. The number of carbonyl (C=O) groups excluding carboxylic acids is 1. The molecule has 3 rings (SSSR count). The Balaban J connectivity index is 1.82. The third-order valence-electron chi connectivity index (χ3n) is 4.62. The van der Waals surface area contributed by atoms with Crippen LogP contribution in [-0.4, -0.2) is 20.1 Å². The smallest absolute Gasteiger partial charge is 0.252 e. The molecule has 0 radical (unpaired) electrons. The zero-order valence-electron chi connectivity index (χ0n) is 16.4. The first-order chi connectivity index (χ1) is 13.9. The van der Waals surface area contributed by atoms with Crippen molar-refractivity contribution in [2.24, 2.45) is 0 Å². The summed E-state index contributed by atoms with van der Waals surface area (Å²) in [5.41, 5.74) is 4.01. The molecule has 5 nitrogen and oxygen atoms in total. The summed E-state index contributed by atoms with van der Waals surface area (Å²) in [6.07, 6.45) is 0. The van der Waals surface area contributed by atoms with Crippen molar-refractivity contribution in [3.8, 4) is 0 Å². The van der Waals surface area contributed by atoms with Crippen LogP contribution in [0.5, 0.6) is 0 Å². The molecule has 0 aliphatic rings. The van der Waals surface area contributed by atoms with E-state index in [4.69, 9.17) is 0 Å². The van der Waals surface area contributed by atoms with Crippen LogP contribution >= 0.6 is 0 Å². The van der Waals surface area contributed by atoms with Gasteiger partial charge in [0.25, 0.3) is 5.91 Å². The monoisotopic (exact) mass is 408 g/mol. The van der Waals surface area contributed by atoms with E-state index >= 15 is 0 Å². The lowest BCUT2D eigenvalue weighted by Crippen LogP contribution is -2.29. The maximum Gasteiger partial charge on any atom is 0.252 e. The second-order valence-corrected chi connectivity index (χ2v) is 8.82. The minimum Gasteiger partial charge on any atom is -0.341 e. The van der Waals surface area contributed by atoms with Gasteiger partial charge in [-0.05, 0) is 49.2 Å². The first kappa shape index (κ1) is 20.6. The SMILES string of the molecule is CCS(=O)(=O)Nc1ccc(C(=O)NC(c2ccccc2)c2ccc(C)cc2)cc1. The average Bonchev–Trinajstić information content (AvgIpc) is 2.73. The molecule has 0 heterocycles. The number of hydrogen-bond donors (Lipinski definition) is 2. The fourth-order valence-corrected chi connectivity index (χ4v) is 3.56. The van der Waals surface area contributed by atoms with Gasteiger partial charge in [0, 0.05) is 11.3 Å². The molecule has 29 heavy (non-hydrogen) atoms. The molecule has 0 aliphatic carbocycles. The Kier molecular flexibility index (Phi) is 6.34. The van der Waals surface area contributed by atoms with Crippen molar-refractivity contribution in [3.05, 3.63) is 101 Å². The highest BCUT2D eigenvalue weighted by Gasteiger charge is 2.18. The van der Waals surface area contributed by atoms with E-state index in [-0.39, 0.29) is 17.7 Å². The molecule has 3 aromatic carbocycles. The summed E-state index contributed by atoms with van der Waals surface area (Å²) in [4.78, 5) is 12.9. The van der Waals surface area contributed by atoms with Crippen molar-refractivity contribution < 1.29 is 13.2 Å². The summed E-state index contributed by atoms with van der Waals surface area (Å²) in [5, 5.41) is 3.09. The van der Waals surface area contributed by atoms with Gasteiger partial charge in [-0.15, -0.1) is 0 Å². The maximum absolute atomic E-state index is 12.9. The van der Waals surface area contributed by atoms with Gasteiger partial charge in [-0.3, -0.25) is 9.52 Å². The van der Waals surface area contributed by atoms with E-state index in [2.05, 4.69) is 10.0 Å². The number of hydrogen-bond acceptors (Lipinski definition) is 3. The molecule has 0 saturated carbocycles. The number of aryl methyl sites for hydroxylation is 1. The molecule has 1 amide bonds. The van der Waals surface area contributed by atoms with E-state index in [0.29, 0.717) is 11.3 Å². The minimum absolute atomic E-state index is 0.00938. The Labute approximate surface area is 171 Å². The zero-order valence-corrected chi connectivity index (χ0v) is 17.2. The quantitative estimate of drug-likeness (QED) is 0.613. The summed E-state index contributed by atoms with van der Waals surface area (Å²) in [5.74, 6) is -0.241. The fourth-order valence-electron chi connectivity index (χ4n) is 2.92. The normalized spacial score (nSPS) is 12.2. The number of benzene rings is 3. The van der Waals surface area contributed by atoms with Crippen LogP contribution in [0.3, 0.4) is 0 Å². The summed E-state index contributed by atoms with van der Waals surface area (Å²) in [6, 6.07) is 24.0. The molecule has 0 aromatic heterocycles. The summed E-state index contributed by atoms with van der Waals surface area (Å²) >= 11 is 0. The average molecular weight is 409 g/mol. The molecular weight excluding hydrogens is 384 g/mol.